The van der Waals surface area contributed by atoms with E-state index in [0.717, 1.165) is 30.5 Å². The highest BCUT2D eigenvalue weighted by molar-refractivity contribution is 5.74. The van der Waals surface area contributed by atoms with Gasteiger partial charge in [0, 0.05) is 43.8 Å². The first-order chi connectivity index (χ1) is 15.6. The molecule has 3 aliphatic rings. The van der Waals surface area contributed by atoms with E-state index in [9.17, 15) is 14.0 Å². The average Bonchev–Trinajstić information content (AvgIpc) is 2.80. The highest BCUT2D eigenvalue weighted by atomic mass is 19.1. The Morgan fingerprint density at radius 3 is 2.56 bits per heavy atom. The number of urea groups is 1. The highest BCUT2D eigenvalue weighted by Crippen LogP contribution is 2.35. The van der Waals surface area contributed by atoms with E-state index in [1.54, 1.807) is 12.1 Å². The monoisotopic (exact) mass is 438 g/mol. The molecule has 1 aliphatic carbocycles. The van der Waals surface area contributed by atoms with Crippen LogP contribution in [0.4, 0.5) is 14.9 Å². The number of benzene rings is 1. The Hall–Kier alpha value is -2.83. The van der Waals surface area contributed by atoms with Gasteiger partial charge >= 0.3 is 6.03 Å². The molecule has 2 aromatic rings. The number of piperidine rings is 1. The van der Waals surface area contributed by atoms with Crippen molar-refractivity contribution in [2.45, 2.75) is 63.6 Å². The Kier molecular flexibility index (Phi) is 5.89. The second-order valence-corrected chi connectivity index (χ2v) is 9.56. The Morgan fingerprint density at radius 1 is 1.00 bits per heavy atom. The maximum absolute atomic E-state index is 13.1. The fourth-order valence-corrected chi connectivity index (χ4v) is 5.56. The number of hydrogen-bond acceptors (Lipinski definition) is 3. The molecule has 2 amide bonds. The number of aromatic nitrogens is 1. The van der Waals surface area contributed by atoms with Crippen LogP contribution in [0.1, 0.15) is 55.7 Å². The van der Waals surface area contributed by atoms with E-state index in [-0.39, 0.29) is 23.3 Å². The molecular formula is C25H31FN4O2. The van der Waals surface area contributed by atoms with E-state index in [1.165, 1.54) is 31.4 Å². The molecule has 32 heavy (non-hydrogen) atoms. The van der Waals surface area contributed by atoms with E-state index in [1.807, 2.05) is 21.6 Å². The van der Waals surface area contributed by atoms with E-state index >= 15 is 0 Å². The Morgan fingerprint density at radius 2 is 1.78 bits per heavy atom. The standard InChI is InChI=1S/C25H31FN4O2/c26-20-8-6-17(7-9-20)13-27-22-10-11-23-19-12-18(15-30(23)24(22)31)14-29(16-19)25(32)28-21-4-2-1-3-5-21/h6-11,18-19,21,27H,1-5,12-16H2,(H,28,32)/t18-,19+/m0/s1. The van der Waals surface area contributed by atoms with Gasteiger partial charge in [0.2, 0.25) is 0 Å². The molecule has 7 heteroatoms. The number of pyridine rings is 1. The van der Waals surface area contributed by atoms with Gasteiger partial charge in [-0.2, -0.15) is 0 Å². The summed E-state index contributed by atoms with van der Waals surface area (Å²) < 4.78 is 15.0. The second kappa shape index (κ2) is 8.96. The van der Waals surface area contributed by atoms with Gasteiger partial charge in [-0.3, -0.25) is 4.79 Å². The number of amides is 2. The molecule has 2 atom stereocenters. The Labute approximate surface area is 187 Å². The van der Waals surface area contributed by atoms with Crippen molar-refractivity contribution in [3.8, 4) is 0 Å². The molecule has 3 heterocycles. The maximum atomic E-state index is 13.1. The molecule has 5 rings (SSSR count). The number of rotatable bonds is 4. The van der Waals surface area contributed by atoms with Crippen molar-refractivity contribution >= 4 is 11.7 Å². The SMILES string of the molecule is O=C(NC1CCCCC1)N1C[C@@H]2C[C@H](C1)c1ccc(NCc3ccc(F)cc3)c(=O)n1C2. The number of carbonyl (C=O) groups excluding carboxylic acids is 1. The zero-order valence-electron chi connectivity index (χ0n) is 18.4. The molecule has 1 saturated carbocycles. The summed E-state index contributed by atoms with van der Waals surface area (Å²) in [6.07, 6.45) is 6.85. The van der Waals surface area contributed by atoms with Crippen LogP contribution in [-0.4, -0.2) is 34.6 Å². The Bertz CT molecular complexity index is 1030. The minimum Gasteiger partial charge on any atom is -0.377 e. The molecule has 1 aromatic heterocycles. The molecular weight excluding hydrogens is 407 g/mol. The van der Waals surface area contributed by atoms with Gasteiger partial charge in [0.25, 0.3) is 5.56 Å². The van der Waals surface area contributed by atoms with Crippen molar-refractivity contribution in [3.63, 3.8) is 0 Å². The molecule has 170 valence electrons. The maximum Gasteiger partial charge on any atom is 0.317 e. The molecule has 1 aromatic carbocycles. The summed E-state index contributed by atoms with van der Waals surface area (Å²) in [5.41, 5.74) is 2.49. The van der Waals surface area contributed by atoms with Gasteiger partial charge in [-0.1, -0.05) is 31.4 Å². The lowest BCUT2D eigenvalue weighted by Crippen LogP contribution is -2.53. The number of likely N-dealkylation sites (tertiary alicyclic amines) is 1. The van der Waals surface area contributed by atoms with Crippen LogP contribution in [0.5, 0.6) is 0 Å². The van der Waals surface area contributed by atoms with E-state index < -0.39 is 0 Å². The van der Waals surface area contributed by atoms with Crippen LogP contribution in [0.2, 0.25) is 0 Å². The van der Waals surface area contributed by atoms with Gasteiger partial charge in [-0.15, -0.1) is 0 Å². The van der Waals surface area contributed by atoms with Crippen LogP contribution in [0.3, 0.4) is 0 Å². The number of fused-ring (bicyclic) bond motifs is 4. The van der Waals surface area contributed by atoms with Gasteiger partial charge in [0.05, 0.1) is 0 Å². The minimum absolute atomic E-state index is 0.0144. The molecule has 2 fully saturated rings. The quantitative estimate of drug-likeness (QED) is 0.757. The number of nitrogens with zero attached hydrogens (tertiary/aromatic N) is 2. The molecule has 2 N–H and O–H groups in total. The number of nitrogens with one attached hydrogen (secondary N) is 2. The molecule has 0 unspecified atom stereocenters. The van der Waals surface area contributed by atoms with Crippen molar-refractivity contribution in [2.75, 3.05) is 18.4 Å². The Balaban J connectivity index is 1.27. The summed E-state index contributed by atoms with van der Waals surface area (Å²) >= 11 is 0. The fraction of sp³-hybridized carbons (Fsp3) is 0.520. The lowest BCUT2D eigenvalue weighted by Gasteiger charge is -2.43. The minimum atomic E-state index is -0.268. The number of hydrogen-bond donors (Lipinski definition) is 2. The topological polar surface area (TPSA) is 66.4 Å². The average molecular weight is 439 g/mol. The smallest absolute Gasteiger partial charge is 0.317 e. The predicted octanol–water partition coefficient (Wildman–Crippen LogP) is 4.06. The summed E-state index contributed by atoms with van der Waals surface area (Å²) in [7, 11) is 0. The summed E-state index contributed by atoms with van der Waals surface area (Å²) in [5.74, 6) is 0.220. The number of anilines is 1. The molecule has 0 radical (unpaired) electrons. The highest BCUT2D eigenvalue weighted by Gasteiger charge is 2.37. The van der Waals surface area contributed by atoms with Gasteiger partial charge in [0.1, 0.15) is 11.5 Å². The molecule has 1 saturated heterocycles. The van der Waals surface area contributed by atoms with E-state index in [0.29, 0.717) is 43.8 Å². The van der Waals surface area contributed by atoms with Crippen molar-refractivity contribution in [1.29, 1.82) is 0 Å². The van der Waals surface area contributed by atoms with Crippen molar-refractivity contribution in [1.82, 2.24) is 14.8 Å². The molecule has 2 bridgehead atoms. The van der Waals surface area contributed by atoms with E-state index in [4.69, 9.17) is 0 Å². The van der Waals surface area contributed by atoms with Crippen LogP contribution in [-0.2, 0) is 13.1 Å². The first kappa shape index (κ1) is 21.0. The van der Waals surface area contributed by atoms with Gasteiger partial charge in [-0.25, -0.2) is 9.18 Å². The lowest BCUT2D eigenvalue weighted by molar-refractivity contribution is 0.127. The van der Waals surface area contributed by atoms with Crippen LogP contribution in [0.15, 0.2) is 41.2 Å². The largest absolute Gasteiger partial charge is 0.377 e. The summed E-state index contributed by atoms with van der Waals surface area (Å²) in [6.45, 7) is 2.48. The lowest BCUT2D eigenvalue weighted by atomic mass is 9.83. The molecule has 6 nitrogen and oxygen atoms in total. The van der Waals surface area contributed by atoms with Crippen LogP contribution >= 0.6 is 0 Å². The first-order valence-corrected chi connectivity index (χ1v) is 11.8. The zero-order chi connectivity index (χ0) is 22.1. The van der Waals surface area contributed by atoms with Gasteiger partial charge in [-0.05, 0) is 55.0 Å². The van der Waals surface area contributed by atoms with Crippen LogP contribution in [0.25, 0.3) is 0 Å². The van der Waals surface area contributed by atoms with Crippen LogP contribution < -0.4 is 16.2 Å². The zero-order valence-corrected chi connectivity index (χ0v) is 18.4. The third-order valence-corrected chi connectivity index (χ3v) is 7.22. The molecule has 0 spiro atoms. The third kappa shape index (κ3) is 4.38. The van der Waals surface area contributed by atoms with Crippen LogP contribution in [0, 0.1) is 11.7 Å². The number of carbonyl (C=O) groups is 1. The van der Waals surface area contributed by atoms with Crippen molar-refractivity contribution in [3.05, 3.63) is 63.8 Å². The van der Waals surface area contributed by atoms with Gasteiger partial charge in [0.15, 0.2) is 0 Å². The number of halogens is 1. The van der Waals surface area contributed by atoms with E-state index in [2.05, 4.69) is 10.6 Å². The second-order valence-electron chi connectivity index (χ2n) is 9.56. The fourth-order valence-electron chi connectivity index (χ4n) is 5.56. The summed E-state index contributed by atoms with van der Waals surface area (Å²) in [4.78, 5) is 28.0. The van der Waals surface area contributed by atoms with Gasteiger partial charge < -0.3 is 20.1 Å². The summed E-state index contributed by atoms with van der Waals surface area (Å²) in [6, 6.07) is 10.5. The molecule has 2 aliphatic heterocycles. The first-order valence-electron chi connectivity index (χ1n) is 11.8. The van der Waals surface area contributed by atoms with Crippen molar-refractivity contribution < 1.29 is 9.18 Å². The predicted molar refractivity (Wildman–Crippen MR) is 122 cm³/mol. The third-order valence-electron chi connectivity index (χ3n) is 7.22. The normalized spacial score (nSPS) is 22.8. The van der Waals surface area contributed by atoms with Crippen molar-refractivity contribution in [2.24, 2.45) is 5.92 Å². The summed E-state index contributed by atoms with van der Waals surface area (Å²) in [5, 5.41) is 6.45.